The summed E-state index contributed by atoms with van der Waals surface area (Å²) in [5.74, 6) is -2.09. The average molecular weight is 368 g/mol. The maximum Gasteiger partial charge on any atom is 0.194 e. The topological polar surface area (TPSA) is 9.23 Å². The van der Waals surface area contributed by atoms with Crippen LogP contribution in [0.4, 0.5) is 13.2 Å². The van der Waals surface area contributed by atoms with Gasteiger partial charge in [0.05, 0.1) is 6.10 Å². The Morgan fingerprint density at radius 2 is 1.58 bits per heavy atom. The van der Waals surface area contributed by atoms with Crippen molar-refractivity contribution in [3.63, 3.8) is 0 Å². The van der Waals surface area contributed by atoms with Crippen LogP contribution in [0.3, 0.4) is 0 Å². The molecule has 26 heavy (non-hydrogen) atoms. The fourth-order valence-corrected chi connectivity index (χ4v) is 4.89. The lowest BCUT2D eigenvalue weighted by Crippen LogP contribution is -2.34. The number of halogens is 3. The summed E-state index contributed by atoms with van der Waals surface area (Å²) in [5, 5.41) is 0. The third-order valence-corrected chi connectivity index (χ3v) is 6.39. The van der Waals surface area contributed by atoms with Crippen LogP contribution in [-0.4, -0.2) is 12.7 Å². The number of fused-ring (bicyclic) bond motifs is 1. The molecule has 1 nitrogen and oxygen atoms in total. The van der Waals surface area contributed by atoms with E-state index in [4.69, 9.17) is 4.74 Å². The van der Waals surface area contributed by atoms with Crippen molar-refractivity contribution in [2.24, 2.45) is 11.8 Å². The maximum absolute atomic E-state index is 13.5. The number of hydrogen-bond donors (Lipinski definition) is 0. The summed E-state index contributed by atoms with van der Waals surface area (Å²) in [6, 6.07) is 2.38. The van der Waals surface area contributed by atoms with Gasteiger partial charge in [0.25, 0.3) is 0 Å². The summed E-state index contributed by atoms with van der Waals surface area (Å²) in [5.41, 5.74) is 0.620. The average Bonchev–Trinajstić information content (AvgIpc) is 2.65. The van der Waals surface area contributed by atoms with Gasteiger partial charge < -0.3 is 4.74 Å². The summed E-state index contributed by atoms with van der Waals surface area (Å²) in [4.78, 5) is 0. The van der Waals surface area contributed by atoms with Gasteiger partial charge in [0.15, 0.2) is 17.5 Å². The van der Waals surface area contributed by atoms with Gasteiger partial charge in [-0.3, -0.25) is 0 Å². The highest BCUT2D eigenvalue weighted by atomic mass is 19.2. The second-order valence-electron chi connectivity index (χ2n) is 8.20. The van der Waals surface area contributed by atoms with Crippen LogP contribution in [0.25, 0.3) is 0 Å². The van der Waals surface area contributed by atoms with Gasteiger partial charge in [-0.25, -0.2) is 13.2 Å². The van der Waals surface area contributed by atoms with E-state index in [0.29, 0.717) is 23.5 Å². The van der Waals surface area contributed by atoms with Gasteiger partial charge in [0.2, 0.25) is 0 Å². The van der Waals surface area contributed by atoms with Crippen LogP contribution in [-0.2, 0) is 4.74 Å². The highest BCUT2D eigenvalue weighted by Gasteiger charge is 2.36. The summed E-state index contributed by atoms with van der Waals surface area (Å²) in [6.07, 6.45) is 11.6. The number of ether oxygens (including phenoxy) is 1. The summed E-state index contributed by atoms with van der Waals surface area (Å²) in [7, 11) is 0. The van der Waals surface area contributed by atoms with E-state index in [0.717, 1.165) is 51.6 Å². The minimum atomic E-state index is -1.36. The van der Waals surface area contributed by atoms with Gasteiger partial charge in [-0.2, -0.15) is 0 Å². The zero-order valence-electron chi connectivity index (χ0n) is 15.8. The van der Waals surface area contributed by atoms with Crippen LogP contribution < -0.4 is 0 Å². The molecule has 2 fully saturated rings. The number of hydrogen-bond acceptors (Lipinski definition) is 1. The van der Waals surface area contributed by atoms with Crippen LogP contribution in [0.5, 0.6) is 0 Å². The van der Waals surface area contributed by atoms with Crippen molar-refractivity contribution in [1.29, 1.82) is 0 Å². The Bertz CT molecular complexity index is 566. The molecule has 0 N–H and O–H groups in total. The van der Waals surface area contributed by atoms with E-state index >= 15 is 0 Å². The molecule has 146 valence electrons. The maximum atomic E-state index is 13.5. The van der Waals surface area contributed by atoms with Crippen LogP contribution in [0.2, 0.25) is 0 Å². The molecule has 1 aromatic rings. The minimum absolute atomic E-state index is 0.146. The molecule has 4 heteroatoms. The van der Waals surface area contributed by atoms with Crippen molar-refractivity contribution >= 4 is 0 Å². The Morgan fingerprint density at radius 3 is 2.31 bits per heavy atom. The molecule has 1 aromatic carbocycles. The van der Waals surface area contributed by atoms with Gasteiger partial charge in [0.1, 0.15) is 0 Å². The number of rotatable bonds is 7. The van der Waals surface area contributed by atoms with Crippen molar-refractivity contribution in [2.45, 2.75) is 83.2 Å². The van der Waals surface area contributed by atoms with E-state index in [9.17, 15) is 13.2 Å². The summed E-state index contributed by atoms with van der Waals surface area (Å²) >= 11 is 0. The predicted molar refractivity (Wildman–Crippen MR) is 97.6 cm³/mol. The monoisotopic (exact) mass is 368 g/mol. The van der Waals surface area contributed by atoms with Gasteiger partial charge in [-0.1, -0.05) is 26.2 Å². The highest BCUT2D eigenvalue weighted by molar-refractivity contribution is 5.24. The fourth-order valence-electron chi connectivity index (χ4n) is 4.89. The molecule has 0 radical (unpaired) electrons. The molecule has 0 spiro atoms. The molecule has 0 aliphatic heterocycles. The lowest BCUT2D eigenvalue weighted by atomic mass is 9.65. The van der Waals surface area contributed by atoms with Crippen LogP contribution in [0.1, 0.15) is 82.6 Å². The Kier molecular flexibility index (Phi) is 7.02. The van der Waals surface area contributed by atoms with E-state index in [2.05, 4.69) is 6.92 Å². The van der Waals surface area contributed by atoms with Crippen molar-refractivity contribution < 1.29 is 17.9 Å². The molecule has 0 saturated heterocycles. The van der Waals surface area contributed by atoms with Crippen molar-refractivity contribution in [2.75, 3.05) is 6.61 Å². The molecule has 4 atom stereocenters. The fraction of sp³-hybridized carbons (Fsp3) is 0.727. The van der Waals surface area contributed by atoms with E-state index < -0.39 is 17.5 Å². The first-order valence-electron chi connectivity index (χ1n) is 10.3. The minimum Gasteiger partial charge on any atom is -0.378 e. The predicted octanol–water partition coefficient (Wildman–Crippen LogP) is 6.75. The third-order valence-electron chi connectivity index (χ3n) is 6.39. The van der Waals surface area contributed by atoms with Gasteiger partial charge in [-0.15, -0.1) is 0 Å². The van der Waals surface area contributed by atoms with Gasteiger partial charge in [0, 0.05) is 6.61 Å². The Morgan fingerprint density at radius 1 is 0.885 bits per heavy atom. The molecule has 2 saturated carbocycles. The standard InChI is InChI=1S/C22H31F3O/c1-2-3-4-5-10-26-19-9-8-15-11-16(6-7-17(15)12-19)18-13-20(23)22(25)21(24)14-18/h13-17,19H,2-12H2,1H3. The first-order chi connectivity index (χ1) is 12.6. The summed E-state index contributed by atoms with van der Waals surface area (Å²) in [6.45, 7) is 3.09. The lowest BCUT2D eigenvalue weighted by molar-refractivity contribution is -0.0163. The smallest absolute Gasteiger partial charge is 0.194 e. The second kappa shape index (κ2) is 9.25. The molecule has 2 aliphatic rings. The zero-order valence-corrected chi connectivity index (χ0v) is 15.8. The molecular weight excluding hydrogens is 337 g/mol. The van der Waals surface area contributed by atoms with Crippen molar-refractivity contribution in [3.8, 4) is 0 Å². The van der Waals surface area contributed by atoms with Crippen molar-refractivity contribution in [1.82, 2.24) is 0 Å². The molecular formula is C22H31F3O. The Balaban J connectivity index is 1.49. The first-order valence-corrected chi connectivity index (χ1v) is 10.3. The molecule has 2 aliphatic carbocycles. The van der Waals surface area contributed by atoms with Crippen LogP contribution in [0.15, 0.2) is 12.1 Å². The van der Waals surface area contributed by atoms with E-state index in [1.165, 1.54) is 31.4 Å². The third kappa shape index (κ3) is 4.82. The molecule has 3 rings (SSSR count). The molecule has 0 heterocycles. The quantitative estimate of drug-likeness (QED) is 0.382. The largest absolute Gasteiger partial charge is 0.378 e. The molecule has 0 aromatic heterocycles. The second-order valence-corrected chi connectivity index (χ2v) is 8.20. The first kappa shape index (κ1) is 19.7. The van der Waals surface area contributed by atoms with E-state index in [1.54, 1.807) is 0 Å². The molecule has 0 amide bonds. The van der Waals surface area contributed by atoms with E-state index in [-0.39, 0.29) is 5.92 Å². The van der Waals surface area contributed by atoms with Gasteiger partial charge in [-0.05, 0) is 80.4 Å². The Labute approximate surface area is 155 Å². The molecule has 4 unspecified atom stereocenters. The van der Waals surface area contributed by atoms with Crippen LogP contribution in [0, 0.1) is 29.3 Å². The van der Waals surface area contributed by atoms with Crippen LogP contribution >= 0.6 is 0 Å². The van der Waals surface area contributed by atoms with E-state index in [1.807, 2.05) is 0 Å². The zero-order chi connectivity index (χ0) is 18.5. The normalized spacial score (nSPS) is 28.8. The lowest BCUT2D eigenvalue weighted by Gasteiger charge is -2.42. The number of unbranched alkanes of at least 4 members (excludes halogenated alkanes) is 3. The number of benzene rings is 1. The van der Waals surface area contributed by atoms with Crippen molar-refractivity contribution in [3.05, 3.63) is 35.1 Å². The summed E-state index contributed by atoms with van der Waals surface area (Å²) < 4.78 is 46.4. The highest BCUT2D eigenvalue weighted by Crippen LogP contribution is 2.46. The SMILES string of the molecule is CCCCCCOC1CCC2CC(c3cc(F)c(F)c(F)c3)CCC2C1. The van der Waals surface area contributed by atoms with Gasteiger partial charge >= 0.3 is 0 Å². The Hall–Kier alpha value is -1.03. The molecule has 0 bridgehead atoms.